The second-order valence-electron chi connectivity index (χ2n) is 3.75. The van der Waals surface area contributed by atoms with Gasteiger partial charge in [-0.1, -0.05) is 29.8 Å². The van der Waals surface area contributed by atoms with Crippen LogP contribution in [0, 0.1) is 12.8 Å². The predicted molar refractivity (Wildman–Crippen MR) is 51.1 cm³/mol. The number of rotatable bonds is 2. The van der Waals surface area contributed by atoms with E-state index in [0.29, 0.717) is 0 Å². The van der Waals surface area contributed by atoms with E-state index < -0.39 is 0 Å². The maximum absolute atomic E-state index is 5.60. The highest BCUT2D eigenvalue weighted by molar-refractivity contribution is 5.29. The third kappa shape index (κ3) is 1.37. The number of hydrogen-bond donors (Lipinski definition) is 1. The summed E-state index contributed by atoms with van der Waals surface area (Å²) in [5, 5.41) is 0. The van der Waals surface area contributed by atoms with E-state index >= 15 is 0 Å². The molecule has 0 aliphatic heterocycles. The van der Waals surface area contributed by atoms with Gasteiger partial charge in [0.05, 0.1) is 0 Å². The zero-order valence-corrected chi connectivity index (χ0v) is 7.46. The molecule has 2 unspecified atom stereocenters. The van der Waals surface area contributed by atoms with Crippen molar-refractivity contribution in [3.63, 3.8) is 0 Å². The van der Waals surface area contributed by atoms with E-state index in [1.807, 2.05) is 0 Å². The fourth-order valence-electron chi connectivity index (χ4n) is 1.82. The summed E-state index contributed by atoms with van der Waals surface area (Å²) in [5.74, 6) is 1.52. The van der Waals surface area contributed by atoms with Crippen molar-refractivity contribution < 1.29 is 0 Å². The molecule has 1 aromatic rings. The second-order valence-corrected chi connectivity index (χ2v) is 3.75. The van der Waals surface area contributed by atoms with Crippen LogP contribution in [-0.4, -0.2) is 6.54 Å². The van der Waals surface area contributed by atoms with Gasteiger partial charge in [-0.2, -0.15) is 0 Å². The third-order valence-electron chi connectivity index (χ3n) is 2.70. The highest BCUT2D eigenvalue weighted by atomic mass is 14.6. The maximum atomic E-state index is 5.60. The molecule has 0 heterocycles. The summed E-state index contributed by atoms with van der Waals surface area (Å²) in [6.07, 6.45) is 1.29. The van der Waals surface area contributed by atoms with E-state index in [-0.39, 0.29) is 0 Å². The quantitative estimate of drug-likeness (QED) is 0.706. The molecular formula is C11H15N. The first kappa shape index (κ1) is 7.81. The van der Waals surface area contributed by atoms with Crippen LogP contribution < -0.4 is 5.73 Å². The lowest BCUT2D eigenvalue weighted by Gasteiger charge is -1.99. The van der Waals surface area contributed by atoms with Crippen LogP contribution in [0.3, 0.4) is 0 Å². The molecule has 1 fully saturated rings. The molecule has 2 N–H and O–H groups in total. The van der Waals surface area contributed by atoms with Gasteiger partial charge in [0.2, 0.25) is 0 Å². The van der Waals surface area contributed by atoms with Gasteiger partial charge in [0.25, 0.3) is 0 Å². The first-order chi connectivity index (χ1) is 5.81. The molecule has 1 nitrogen and oxygen atoms in total. The van der Waals surface area contributed by atoms with E-state index in [4.69, 9.17) is 5.73 Å². The van der Waals surface area contributed by atoms with E-state index in [2.05, 4.69) is 31.2 Å². The van der Waals surface area contributed by atoms with Gasteiger partial charge in [-0.25, -0.2) is 0 Å². The minimum atomic E-state index is 0.756. The fraction of sp³-hybridized carbons (Fsp3) is 0.455. The molecule has 0 bridgehead atoms. The van der Waals surface area contributed by atoms with Crippen molar-refractivity contribution in [1.82, 2.24) is 0 Å². The van der Waals surface area contributed by atoms with Crippen molar-refractivity contribution >= 4 is 0 Å². The van der Waals surface area contributed by atoms with Crippen LogP contribution in [0.2, 0.25) is 0 Å². The summed E-state index contributed by atoms with van der Waals surface area (Å²) in [6, 6.07) is 8.77. The molecular weight excluding hydrogens is 146 g/mol. The van der Waals surface area contributed by atoms with Gasteiger partial charge in [0.1, 0.15) is 0 Å². The minimum Gasteiger partial charge on any atom is -0.330 e. The fourth-order valence-corrected chi connectivity index (χ4v) is 1.82. The van der Waals surface area contributed by atoms with Crippen molar-refractivity contribution in [2.24, 2.45) is 11.7 Å². The summed E-state index contributed by atoms with van der Waals surface area (Å²) in [6.45, 7) is 2.99. The Balaban J connectivity index is 2.14. The Morgan fingerprint density at radius 3 is 2.92 bits per heavy atom. The number of nitrogens with two attached hydrogens (primary N) is 1. The average Bonchev–Trinajstić information content (AvgIpc) is 2.83. The van der Waals surface area contributed by atoms with E-state index in [1.54, 1.807) is 0 Å². The molecule has 1 saturated carbocycles. The molecule has 1 aliphatic carbocycles. The Kier molecular flexibility index (Phi) is 1.89. The molecule has 0 amide bonds. The smallest absolute Gasteiger partial charge is 0.00428 e. The summed E-state index contributed by atoms with van der Waals surface area (Å²) in [4.78, 5) is 0. The molecule has 0 saturated heterocycles. The van der Waals surface area contributed by atoms with Gasteiger partial charge in [-0.3, -0.25) is 0 Å². The van der Waals surface area contributed by atoms with Crippen LogP contribution in [0.25, 0.3) is 0 Å². The highest BCUT2D eigenvalue weighted by Crippen LogP contribution is 2.46. The van der Waals surface area contributed by atoms with Crippen molar-refractivity contribution in [2.75, 3.05) is 6.54 Å². The molecule has 0 aromatic heterocycles. The van der Waals surface area contributed by atoms with Crippen molar-refractivity contribution in [3.05, 3.63) is 35.4 Å². The molecule has 1 aliphatic rings. The van der Waals surface area contributed by atoms with Gasteiger partial charge in [0.15, 0.2) is 0 Å². The lowest BCUT2D eigenvalue weighted by molar-refractivity contribution is 0.809. The largest absolute Gasteiger partial charge is 0.330 e. The first-order valence-electron chi connectivity index (χ1n) is 4.58. The SMILES string of the molecule is Cc1cccc(C2CC2CN)c1. The maximum Gasteiger partial charge on any atom is -0.00428 e. The van der Waals surface area contributed by atoms with Gasteiger partial charge in [-0.05, 0) is 37.3 Å². The number of aryl methyl sites for hydroxylation is 1. The lowest BCUT2D eigenvalue weighted by atomic mass is 10.1. The van der Waals surface area contributed by atoms with Gasteiger partial charge in [0, 0.05) is 0 Å². The monoisotopic (exact) mass is 161 g/mol. The van der Waals surface area contributed by atoms with Crippen molar-refractivity contribution in [1.29, 1.82) is 0 Å². The normalized spacial score (nSPS) is 27.2. The molecule has 0 radical (unpaired) electrons. The molecule has 2 rings (SSSR count). The first-order valence-corrected chi connectivity index (χ1v) is 4.58. The minimum absolute atomic E-state index is 0.756. The molecule has 0 spiro atoms. The highest BCUT2D eigenvalue weighted by Gasteiger charge is 2.36. The molecule has 64 valence electrons. The van der Waals surface area contributed by atoms with Gasteiger partial charge in [-0.15, -0.1) is 0 Å². The van der Waals surface area contributed by atoms with Crippen LogP contribution >= 0.6 is 0 Å². The summed E-state index contributed by atoms with van der Waals surface area (Å²) in [5.41, 5.74) is 8.43. The number of benzene rings is 1. The van der Waals surface area contributed by atoms with Crippen LogP contribution in [0.15, 0.2) is 24.3 Å². The second kappa shape index (κ2) is 2.91. The molecule has 1 heteroatoms. The standard InChI is InChI=1S/C11H15N/c1-8-3-2-4-9(5-8)11-6-10(11)7-12/h2-5,10-11H,6-7,12H2,1H3. The Morgan fingerprint density at radius 2 is 2.33 bits per heavy atom. The Bertz CT molecular complexity index is 280. The zero-order valence-electron chi connectivity index (χ0n) is 7.46. The van der Waals surface area contributed by atoms with Crippen LogP contribution in [-0.2, 0) is 0 Å². The summed E-state index contributed by atoms with van der Waals surface area (Å²) in [7, 11) is 0. The molecule has 1 aromatic carbocycles. The number of hydrogen-bond acceptors (Lipinski definition) is 1. The lowest BCUT2D eigenvalue weighted by Crippen LogP contribution is -2.01. The summed E-state index contributed by atoms with van der Waals surface area (Å²) >= 11 is 0. The van der Waals surface area contributed by atoms with Crippen LogP contribution in [0.5, 0.6) is 0 Å². The van der Waals surface area contributed by atoms with Gasteiger partial charge < -0.3 is 5.73 Å². The van der Waals surface area contributed by atoms with Crippen molar-refractivity contribution in [3.8, 4) is 0 Å². The van der Waals surface area contributed by atoms with Crippen LogP contribution in [0.4, 0.5) is 0 Å². The Morgan fingerprint density at radius 1 is 1.50 bits per heavy atom. The van der Waals surface area contributed by atoms with Crippen molar-refractivity contribution in [2.45, 2.75) is 19.3 Å². The van der Waals surface area contributed by atoms with Crippen LogP contribution in [0.1, 0.15) is 23.5 Å². The summed E-state index contributed by atoms with van der Waals surface area (Å²) < 4.78 is 0. The zero-order chi connectivity index (χ0) is 8.55. The van der Waals surface area contributed by atoms with E-state index in [0.717, 1.165) is 18.4 Å². The predicted octanol–water partition coefficient (Wildman–Crippen LogP) is 2.06. The Labute approximate surface area is 73.6 Å². The van der Waals surface area contributed by atoms with Gasteiger partial charge >= 0.3 is 0 Å². The Hall–Kier alpha value is -0.820. The third-order valence-corrected chi connectivity index (χ3v) is 2.70. The molecule has 12 heavy (non-hydrogen) atoms. The van der Waals surface area contributed by atoms with E-state index in [1.165, 1.54) is 17.5 Å². The average molecular weight is 161 g/mol. The van der Waals surface area contributed by atoms with E-state index in [9.17, 15) is 0 Å². The topological polar surface area (TPSA) is 26.0 Å². The molecule has 2 atom stereocenters.